The van der Waals surface area contributed by atoms with E-state index in [-0.39, 0.29) is 11.3 Å². The second-order valence-corrected chi connectivity index (χ2v) is 9.94. The molecule has 0 aromatic carbocycles. The van der Waals surface area contributed by atoms with E-state index in [0.717, 1.165) is 41.7 Å². The van der Waals surface area contributed by atoms with E-state index in [0.29, 0.717) is 17.7 Å². The number of rotatable bonds is 4. The molecular weight excluding hydrogens is 404 g/mol. The van der Waals surface area contributed by atoms with E-state index in [9.17, 15) is 4.79 Å². The summed E-state index contributed by atoms with van der Waals surface area (Å²) in [6.45, 7) is 9.21. The lowest BCUT2D eigenvalue weighted by atomic mass is 9.76. The molecule has 27 heavy (non-hydrogen) atoms. The van der Waals surface area contributed by atoms with Crippen molar-refractivity contribution < 1.29 is 4.79 Å². The number of halogens is 1. The third-order valence-corrected chi connectivity index (χ3v) is 6.67. The second kappa shape index (κ2) is 6.87. The van der Waals surface area contributed by atoms with Gasteiger partial charge in [-0.15, -0.1) is 0 Å². The highest BCUT2D eigenvalue weighted by Gasteiger charge is 2.38. The van der Waals surface area contributed by atoms with Crippen LogP contribution in [0.3, 0.4) is 0 Å². The van der Waals surface area contributed by atoms with Crippen molar-refractivity contribution in [2.45, 2.75) is 71.8 Å². The molecule has 0 amide bonds. The number of ketones is 1. The summed E-state index contributed by atoms with van der Waals surface area (Å²) in [6, 6.07) is 2.55. The van der Waals surface area contributed by atoms with Crippen LogP contribution < -0.4 is 4.90 Å². The van der Waals surface area contributed by atoms with Gasteiger partial charge in [-0.05, 0) is 65.6 Å². The lowest BCUT2D eigenvalue weighted by Gasteiger charge is -2.41. The van der Waals surface area contributed by atoms with E-state index < -0.39 is 0 Å². The summed E-state index contributed by atoms with van der Waals surface area (Å²) in [6.07, 6.45) is 7.00. The fraction of sp³-hybridized carbons (Fsp3) is 0.667. The van der Waals surface area contributed by atoms with Crippen molar-refractivity contribution in [1.29, 1.82) is 0 Å². The van der Waals surface area contributed by atoms with Crippen LogP contribution in [-0.2, 0) is 4.79 Å². The Hall–Kier alpha value is -1.43. The summed E-state index contributed by atoms with van der Waals surface area (Å²) in [5, 5.41) is 4.47. The van der Waals surface area contributed by atoms with Gasteiger partial charge in [0, 0.05) is 23.9 Å². The van der Waals surface area contributed by atoms with Gasteiger partial charge in [0.1, 0.15) is 22.2 Å². The molecule has 2 aromatic heterocycles. The van der Waals surface area contributed by atoms with Crippen LogP contribution in [0.25, 0.3) is 5.52 Å². The van der Waals surface area contributed by atoms with Crippen LogP contribution >= 0.6 is 15.9 Å². The molecule has 1 saturated carbocycles. The number of aromatic nitrogens is 3. The number of hydrogen-bond donors (Lipinski definition) is 0. The predicted molar refractivity (Wildman–Crippen MR) is 111 cm³/mol. The normalized spacial score (nSPS) is 23.8. The first-order chi connectivity index (χ1) is 12.8. The van der Waals surface area contributed by atoms with Gasteiger partial charge >= 0.3 is 0 Å². The summed E-state index contributed by atoms with van der Waals surface area (Å²) in [5.41, 5.74) is 2.24. The number of hydrogen-bond acceptors (Lipinski definition) is 4. The Morgan fingerprint density at radius 3 is 2.67 bits per heavy atom. The zero-order valence-electron chi connectivity index (χ0n) is 16.7. The Bertz CT molecular complexity index is 865. The number of fused-ring (bicyclic) bond motifs is 1. The van der Waals surface area contributed by atoms with Gasteiger partial charge in [-0.2, -0.15) is 5.10 Å². The van der Waals surface area contributed by atoms with Gasteiger partial charge in [-0.3, -0.25) is 4.79 Å². The van der Waals surface area contributed by atoms with Crippen molar-refractivity contribution in [2.75, 3.05) is 11.4 Å². The fourth-order valence-corrected chi connectivity index (χ4v) is 5.02. The van der Waals surface area contributed by atoms with Gasteiger partial charge in [-0.25, -0.2) is 9.50 Å². The van der Waals surface area contributed by atoms with Crippen LogP contribution in [-0.4, -0.2) is 33.0 Å². The molecule has 1 aliphatic carbocycles. The van der Waals surface area contributed by atoms with Crippen molar-refractivity contribution >= 4 is 33.0 Å². The maximum atomic E-state index is 12.8. The fourth-order valence-electron chi connectivity index (χ4n) is 4.50. The molecule has 2 aromatic rings. The molecule has 0 radical (unpaired) electrons. The average Bonchev–Trinajstić information content (AvgIpc) is 3.43. The van der Waals surface area contributed by atoms with Gasteiger partial charge in [0.05, 0.1) is 0 Å². The van der Waals surface area contributed by atoms with E-state index in [1.54, 1.807) is 6.33 Å². The minimum atomic E-state index is -0.265. The third-order valence-electron chi connectivity index (χ3n) is 6.11. The average molecular weight is 433 g/mol. The number of carbonyl (C=O) groups excluding carboxylic acids is 1. The van der Waals surface area contributed by atoms with Crippen molar-refractivity contribution in [3.05, 3.63) is 22.6 Å². The van der Waals surface area contributed by atoms with Crippen molar-refractivity contribution in [2.24, 2.45) is 11.3 Å². The van der Waals surface area contributed by atoms with Gasteiger partial charge in [0.15, 0.2) is 5.82 Å². The van der Waals surface area contributed by atoms with E-state index in [1.165, 1.54) is 18.4 Å². The Labute approximate surface area is 169 Å². The molecule has 1 unspecified atom stereocenters. The standard InChI is InChI=1S/C21H29BrN4O/c1-5-15-10-14(19(27)21(2,3)4)8-9-25(15)20-18-16(13-6-7-13)11-17(22)26(18)24-12-23-20/h11-15H,5-10H2,1-4H3/t14?,15-/m1/s1. The maximum Gasteiger partial charge on any atom is 0.157 e. The highest BCUT2D eigenvalue weighted by Crippen LogP contribution is 2.46. The highest BCUT2D eigenvalue weighted by atomic mass is 79.9. The minimum Gasteiger partial charge on any atom is -0.352 e. The van der Waals surface area contributed by atoms with E-state index >= 15 is 0 Å². The number of anilines is 1. The Morgan fingerprint density at radius 2 is 2.04 bits per heavy atom. The molecule has 2 aliphatic rings. The lowest BCUT2D eigenvalue weighted by Crippen LogP contribution is -2.46. The van der Waals surface area contributed by atoms with Crippen molar-refractivity contribution in [3.63, 3.8) is 0 Å². The minimum absolute atomic E-state index is 0.158. The monoisotopic (exact) mass is 432 g/mol. The molecule has 5 nitrogen and oxygen atoms in total. The predicted octanol–water partition coefficient (Wildman–Crippen LogP) is 4.98. The van der Waals surface area contributed by atoms with Crippen molar-refractivity contribution in [1.82, 2.24) is 14.6 Å². The van der Waals surface area contributed by atoms with Crippen LogP contribution in [0, 0.1) is 11.3 Å². The first kappa shape index (κ1) is 18.9. The Kier molecular flexibility index (Phi) is 4.81. The largest absolute Gasteiger partial charge is 0.352 e. The molecule has 1 saturated heterocycles. The van der Waals surface area contributed by atoms with Gasteiger partial charge in [0.2, 0.25) is 0 Å². The molecule has 6 heteroatoms. The number of Topliss-reactive ketones (excluding diaryl/α,β-unsaturated/α-hetero) is 1. The van der Waals surface area contributed by atoms with Gasteiger partial charge in [-0.1, -0.05) is 27.7 Å². The summed E-state index contributed by atoms with van der Waals surface area (Å²) in [7, 11) is 0. The molecule has 1 aliphatic heterocycles. The van der Waals surface area contributed by atoms with Gasteiger partial charge < -0.3 is 4.90 Å². The van der Waals surface area contributed by atoms with Crippen LogP contribution in [0.1, 0.15) is 71.3 Å². The SMILES string of the molecule is CC[C@@H]1CC(C(=O)C(C)(C)C)CCN1c1ncnn2c(Br)cc(C3CC3)c12. The highest BCUT2D eigenvalue weighted by molar-refractivity contribution is 9.10. The first-order valence-corrected chi connectivity index (χ1v) is 10.9. The van der Waals surface area contributed by atoms with Crippen LogP contribution in [0.2, 0.25) is 0 Å². The van der Waals surface area contributed by atoms with Crippen LogP contribution in [0.4, 0.5) is 5.82 Å². The van der Waals surface area contributed by atoms with E-state index in [4.69, 9.17) is 4.98 Å². The lowest BCUT2D eigenvalue weighted by molar-refractivity contribution is -0.131. The van der Waals surface area contributed by atoms with Crippen molar-refractivity contribution in [3.8, 4) is 0 Å². The van der Waals surface area contributed by atoms with Gasteiger partial charge in [0.25, 0.3) is 0 Å². The summed E-state index contributed by atoms with van der Waals surface area (Å²) >= 11 is 3.66. The van der Waals surface area contributed by atoms with E-state index in [1.807, 2.05) is 25.3 Å². The molecule has 0 bridgehead atoms. The zero-order valence-corrected chi connectivity index (χ0v) is 18.3. The molecular formula is C21H29BrN4O. The van der Waals surface area contributed by atoms with Crippen LogP contribution in [0.15, 0.2) is 17.0 Å². The first-order valence-electron chi connectivity index (χ1n) is 10.1. The third kappa shape index (κ3) is 3.41. The summed E-state index contributed by atoms with van der Waals surface area (Å²) < 4.78 is 2.98. The summed E-state index contributed by atoms with van der Waals surface area (Å²) in [4.78, 5) is 20.0. The van der Waals surface area contributed by atoms with E-state index in [2.05, 4.69) is 38.9 Å². The van der Waals surface area contributed by atoms with Crippen LogP contribution in [0.5, 0.6) is 0 Å². The Morgan fingerprint density at radius 1 is 1.30 bits per heavy atom. The molecule has 146 valence electrons. The number of carbonyl (C=O) groups is 1. The molecule has 0 N–H and O–H groups in total. The number of piperidine rings is 1. The quantitative estimate of drug-likeness (QED) is 0.683. The Balaban J connectivity index is 1.69. The molecule has 2 atom stereocenters. The molecule has 2 fully saturated rings. The zero-order chi connectivity index (χ0) is 19.3. The topological polar surface area (TPSA) is 50.5 Å². The maximum absolute atomic E-state index is 12.8. The molecule has 3 heterocycles. The smallest absolute Gasteiger partial charge is 0.157 e. The molecule has 0 spiro atoms. The molecule has 4 rings (SSSR count). The number of nitrogens with zero attached hydrogens (tertiary/aromatic N) is 4. The summed E-state index contributed by atoms with van der Waals surface area (Å²) in [5.74, 6) is 2.23. The second-order valence-electron chi connectivity index (χ2n) is 9.13.